The number of nitrogens with zero attached hydrogens (tertiary/aromatic N) is 5. The van der Waals surface area contributed by atoms with Gasteiger partial charge >= 0.3 is 5.97 Å². The van der Waals surface area contributed by atoms with Crippen LogP contribution in [0.4, 0.5) is 8.78 Å². The van der Waals surface area contributed by atoms with Crippen LogP contribution in [0.1, 0.15) is 36.5 Å². The van der Waals surface area contributed by atoms with Gasteiger partial charge in [0.1, 0.15) is 35.6 Å². The van der Waals surface area contributed by atoms with Gasteiger partial charge in [-0.2, -0.15) is 0 Å². The molecule has 5 heterocycles. The SMILES string of the molecule is O=C(O)/C=C/c1ccc2nc(CN3CCC(Oc4ccc(F)c(COc5ccc(Cl)cc5F)n4)CC3)n(C[C@@H]3CCO3)c2n1. The standard InChI is InChI=1S/C31H30ClF2N5O5/c32-19-1-6-27(24(34)15-19)43-18-26-23(33)4-7-29(37-26)44-21-9-12-38(13-10-21)17-28-36-25-5-2-20(3-8-30(40)41)35-31(25)39(28)16-22-11-14-42-22/h1-8,15,21-22H,9-14,16-18H2,(H,40,41)/b8-3+/t22-/m0/s1. The van der Waals surface area contributed by atoms with Crippen molar-refractivity contribution in [3.8, 4) is 11.6 Å². The van der Waals surface area contributed by atoms with Gasteiger partial charge in [0, 0.05) is 36.9 Å². The first-order valence-electron chi connectivity index (χ1n) is 14.3. The normalized spacial score (nSPS) is 17.7. The molecule has 2 fully saturated rings. The minimum Gasteiger partial charge on any atom is -0.484 e. The number of aromatic nitrogens is 4. The summed E-state index contributed by atoms with van der Waals surface area (Å²) in [6.07, 6.45) is 4.94. The number of likely N-dealkylation sites (tertiary alicyclic amines) is 1. The summed E-state index contributed by atoms with van der Waals surface area (Å²) in [5.41, 5.74) is 1.99. The maximum atomic E-state index is 14.4. The molecule has 44 heavy (non-hydrogen) atoms. The van der Waals surface area contributed by atoms with Crippen molar-refractivity contribution in [3.05, 3.63) is 82.4 Å². The van der Waals surface area contributed by atoms with Crippen LogP contribution in [-0.4, -0.2) is 67.4 Å². The molecule has 1 aromatic carbocycles. The van der Waals surface area contributed by atoms with Crippen molar-refractivity contribution in [3.63, 3.8) is 0 Å². The lowest BCUT2D eigenvalue weighted by Gasteiger charge is -2.32. The molecule has 2 aliphatic rings. The number of benzene rings is 1. The Kier molecular flexibility index (Phi) is 9.01. The number of hydrogen-bond donors (Lipinski definition) is 1. The second kappa shape index (κ2) is 13.2. The lowest BCUT2D eigenvalue weighted by molar-refractivity contribution is -0.131. The summed E-state index contributed by atoms with van der Waals surface area (Å²) in [4.78, 5) is 27.1. The third-order valence-electron chi connectivity index (χ3n) is 7.61. The van der Waals surface area contributed by atoms with Gasteiger partial charge in [-0.1, -0.05) is 11.6 Å². The Balaban J connectivity index is 1.08. The van der Waals surface area contributed by atoms with Gasteiger partial charge in [-0.15, -0.1) is 0 Å². The second-order valence-electron chi connectivity index (χ2n) is 10.7. The Morgan fingerprint density at radius 1 is 1.07 bits per heavy atom. The van der Waals surface area contributed by atoms with E-state index in [-0.39, 0.29) is 41.2 Å². The molecule has 13 heteroatoms. The lowest BCUT2D eigenvalue weighted by Crippen LogP contribution is -2.39. The zero-order valence-electron chi connectivity index (χ0n) is 23.7. The van der Waals surface area contributed by atoms with Gasteiger partial charge in [-0.25, -0.2) is 28.5 Å². The molecule has 0 radical (unpaired) electrons. The highest BCUT2D eigenvalue weighted by Gasteiger charge is 2.26. The molecule has 1 N–H and O–H groups in total. The summed E-state index contributed by atoms with van der Waals surface area (Å²) in [7, 11) is 0. The van der Waals surface area contributed by atoms with Gasteiger partial charge in [0.2, 0.25) is 5.88 Å². The van der Waals surface area contributed by atoms with Crippen molar-refractivity contribution in [2.45, 2.75) is 51.2 Å². The summed E-state index contributed by atoms with van der Waals surface area (Å²) in [5.74, 6) is -1.15. The molecular weight excluding hydrogens is 596 g/mol. The van der Waals surface area contributed by atoms with Crippen molar-refractivity contribution in [1.82, 2.24) is 24.4 Å². The van der Waals surface area contributed by atoms with Crippen LogP contribution in [0.5, 0.6) is 11.6 Å². The van der Waals surface area contributed by atoms with Crippen LogP contribution in [0, 0.1) is 11.6 Å². The van der Waals surface area contributed by atoms with Gasteiger partial charge in [-0.05, 0) is 61.7 Å². The number of aliphatic carboxylic acids is 1. The molecule has 3 aromatic heterocycles. The first-order chi connectivity index (χ1) is 21.3. The average Bonchev–Trinajstić information content (AvgIpc) is 3.31. The largest absolute Gasteiger partial charge is 0.484 e. The molecular formula is C31H30ClF2N5O5. The quantitative estimate of drug-likeness (QED) is 0.223. The minimum atomic E-state index is -1.04. The number of carboxylic acids is 1. The van der Waals surface area contributed by atoms with E-state index >= 15 is 0 Å². The predicted octanol–water partition coefficient (Wildman–Crippen LogP) is 5.27. The van der Waals surface area contributed by atoms with E-state index in [1.54, 1.807) is 6.07 Å². The fourth-order valence-corrected chi connectivity index (χ4v) is 5.34. The molecule has 4 aromatic rings. The van der Waals surface area contributed by atoms with E-state index in [1.807, 2.05) is 6.07 Å². The van der Waals surface area contributed by atoms with Crippen molar-refractivity contribution in [2.75, 3.05) is 19.7 Å². The third kappa shape index (κ3) is 7.15. The van der Waals surface area contributed by atoms with Crippen LogP contribution in [0.3, 0.4) is 0 Å². The molecule has 230 valence electrons. The number of pyridine rings is 2. The first kappa shape index (κ1) is 29.9. The Hall–Kier alpha value is -4.13. The monoisotopic (exact) mass is 625 g/mol. The molecule has 0 aliphatic carbocycles. The zero-order chi connectivity index (χ0) is 30.6. The van der Waals surface area contributed by atoms with Gasteiger partial charge in [0.05, 0.1) is 24.9 Å². The van der Waals surface area contributed by atoms with E-state index in [0.717, 1.165) is 62.4 Å². The van der Waals surface area contributed by atoms with Crippen molar-refractivity contribution in [2.24, 2.45) is 0 Å². The highest BCUT2D eigenvalue weighted by atomic mass is 35.5. The van der Waals surface area contributed by atoms with Gasteiger partial charge in [0.15, 0.2) is 17.2 Å². The average molecular weight is 626 g/mol. The van der Waals surface area contributed by atoms with Gasteiger partial charge < -0.3 is 23.9 Å². The Morgan fingerprint density at radius 3 is 2.61 bits per heavy atom. The summed E-state index contributed by atoms with van der Waals surface area (Å²) in [6, 6.07) is 10.3. The van der Waals surface area contributed by atoms with Crippen LogP contribution >= 0.6 is 11.6 Å². The van der Waals surface area contributed by atoms with Crippen LogP contribution in [-0.2, 0) is 29.2 Å². The number of carbonyl (C=O) groups is 1. The molecule has 10 nitrogen and oxygen atoms in total. The van der Waals surface area contributed by atoms with Gasteiger partial charge in [0.25, 0.3) is 0 Å². The van der Waals surface area contributed by atoms with E-state index in [2.05, 4.69) is 19.4 Å². The number of hydrogen-bond acceptors (Lipinski definition) is 8. The summed E-state index contributed by atoms with van der Waals surface area (Å²) >= 11 is 5.78. The maximum Gasteiger partial charge on any atom is 0.328 e. The highest BCUT2D eigenvalue weighted by Crippen LogP contribution is 2.25. The maximum absolute atomic E-state index is 14.4. The number of rotatable bonds is 11. The fraction of sp³-hybridized carbons (Fsp3) is 0.355. The molecule has 0 bridgehead atoms. The fourth-order valence-electron chi connectivity index (χ4n) is 5.18. The molecule has 0 amide bonds. The summed E-state index contributed by atoms with van der Waals surface area (Å²) in [6.45, 7) is 3.20. The molecule has 2 saturated heterocycles. The van der Waals surface area contributed by atoms with E-state index in [0.29, 0.717) is 24.4 Å². The van der Waals surface area contributed by atoms with Crippen molar-refractivity contribution < 1.29 is 32.9 Å². The molecule has 0 unspecified atom stereocenters. The molecule has 2 aliphatic heterocycles. The lowest BCUT2D eigenvalue weighted by atomic mass is 10.1. The van der Waals surface area contributed by atoms with Crippen LogP contribution < -0.4 is 9.47 Å². The summed E-state index contributed by atoms with van der Waals surface area (Å²) < 4.78 is 47.7. The van der Waals surface area contributed by atoms with E-state index < -0.39 is 17.6 Å². The van der Waals surface area contributed by atoms with Gasteiger partial charge in [-0.3, -0.25) is 4.90 Å². The highest BCUT2D eigenvalue weighted by molar-refractivity contribution is 6.30. The van der Waals surface area contributed by atoms with E-state index in [4.69, 9.17) is 35.9 Å². The third-order valence-corrected chi connectivity index (χ3v) is 7.84. The summed E-state index contributed by atoms with van der Waals surface area (Å²) in [5, 5.41) is 9.22. The minimum absolute atomic E-state index is 0.0128. The zero-order valence-corrected chi connectivity index (χ0v) is 24.4. The molecule has 6 rings (SSSR count). The number of ether oxygens (including phenoxy) is 3. The van der Waals surface area contributed by atoms with Crippen molar-refractivity contribution >= 4 is 34.8 Å². The topological polar surface area (TPSA) is 112 Å². The smallest absolute Gasteiger partial charge is 0.328 e. The van der Waals surface area contributed by atoms with Crippen LogP contribution in [0.2, 0.25) is 5.02 Å². The number of carboxylic acid groups (broad SMARTS) is 1. The van der Waals surface area contributed by atoms with E-state index in [1.165, 1.54) is 30.3 Å². The van der Waals surface area contributed by atoms with Crippen LogP contribution in [0.15, 0.2) is 48.5 Å². The molecule has 0 saturated carbocycles. The Morgan fingerprint density at radius 2 is 1.89 bits per heavy atom. The second-order valence-corrected chi connectivity index (χ2v) is 11.1. The van der Waals surface area contributed by atoms with Crippen molar-refractivity contribution in [1.29, 1.82) is 0 Å². The predicted molar refractivity (Wildman–Crippen MR) is 157 cm³/mol. The van der Waals surface area contributed by atoms with E-state index in [9.17, 15) is 13.6 Å². The first-order valence-corrected chi connectivity index (χ1v) is 14.7. The van der Waals surface area contributed by atoms with Crippen LogP contribution in [0.25, 0.3) is 17.2 Å². The number of imidazole rings is 1. The Labute approximate surface area is 256 Å². The number of fused-ring (bicyclic) bond motifs is 1. The number of piperidine rings is 1. The number of halogens is 3. The molecule has 1 atom stereocenters. The Bertz CT molecular complexity index is 1690. The molecule has 0 spiro atoms.